The van der Waals surface area contributed by atoms with E-state index in [1.165, 1.54) is 30.3 Å². The Kier molecular flexibility index (Phi) is 5.76. The lowest BCUT2D eigenvalue weighted by atomic mass is 10.0. The number of H-pyrrole nitrogens is 2. The van der Waals surface area contributed by atoms with Gasteiger partial charge in [-0.15, -0.1) is 10.2 Å². The highest BCUT2D eigenvalue weighted by Gasteiger charge is 2.22. The van der Waals surface area contributed by atoms with Crippen LogP contribution in [-0.2, 0) is 6.42 Å². The lowest BCUT2D eigenvalue weighted by Gasteiger charge is -2.16. The van der Waals surface area contributed by atoms with Crippen LogP contribution in [0.15, 0.2) is 48.5 Å². The largest absolute Gasteiger partial charge is 0.394 e. The van der Waals surface area contributed by atoms with E-state index in [1.807, 2.05) is 0 Å². The number of nitrogens with one attached hydrogen (secondary N) is 3. The Balaban J connectivity index is 1.61. The van der Waals surface area contributed by atoms with Gasteiger partial charge in [0, 0.05) is 6.42 Å². The van der Waals surface area contributed by atoms with E-state index in [0.29, 0.717) is 17.1 Å². The second-order valence-corrected chi connectivity index (χ2v) is 6.72. The molecule has 0 aliphatic rings. The van der Waals surface area contributed by atoms with Crippen molar-refractivity contribution in [1.29, 1.82) is 0 Å². The predicted octanol–water partition coefficient (Wildman–Crippen LogP) is 1.87. The van der Waals surface area contributed by atoms with E-state index in [4.69, 9.17) is 0 Å². The Bertz CT molecular complexity index is 1180. The number of aromatic nitrogens is 6. The van der Waals surface area contributed by atoms with Gasteiger partial charge >= 0.3 is 0 Å². The monoisotopic (exact) mass is 425 g/mol. The topological polar surface area (TPSA) is 132 Å². The quantitative estimate of drug-likeness (QED) is 0.357. The average molecular weight is 425 g/mol. The van der Waals surface area contributed by atoms with Crippen LogP contribution in [0, 0.1) is 11.6 Å². The summed E-state index contributed by atoms with van der Waals surface area (Å²) in [5.74, 6) is -1.29. The third-order valence-corrected chi connectivity index (χ3v) is 4.62. The van der Waals surface area contributed by atoms with Gasteiger partial charge in [0.15, 0.2) is 5.82 Å². The molecule has 2 aromatic heterocycles. The van der Waals surface area contributed by atoms with Crippen molar-refractivity contribution < 1.29 is 18.7 Å². The van der Waals surface area contributed by atoms with Crippen molar-refractivity contribution in [3.63, 3.8) is 0 Å². The molecule has 4 N–H and O–H groups in total. The normalized spacial score (nSPS) is 12.0. The van der Waals surface area contributed by atoms with Gasteiger partial charge in [-0.05, 0) is 48.0 Å². The number of hydrogen-bond acceptors (Lipinski definition) is 6. The highest BCUT2D eigenvalue weighted by molar-refractivity contribution is 6.01. The van der Waals surface area contributed by atoms with E-state index in [-0.39, 0.29) is 35.7 Å². The standard InChI is InChI=1S/C20H17F2N7O2/c21-12-6-4-11(5-7-12)16-9-17(25-24-16)19-14(2-1-3-15(19)22)20(31)23-13(10-30)8-18-26-28-29-27-18/h1-7,9,13,30H,8,10H2,(H,23,31)(H,24,25)(H,26,27,28,29)/t13-/m1/s1. The second-order valence-electron chi connectivity index (χ2n) is 6.72. The Morgan fingerprint density at radius 2 is 1.94 bits per heavy atom. The van der Waals surface area contributed by atoms with Gasteiger partial charge < -0.3 is 10.4 Å². The Morgan fingerprint density at radius 3 is 2.65 bits per heavy atom. The number of aromatic amines is 2. The first kappa shape index (κ1) is 20.3. The Hall–Kier alpha value is -3.99. The molecule has 0 unspecified atom stereocenters. The number of tetrazole rings is 1. The molecule has 1 atom stereocenters. The van der Waals surface area contributed by atoms with Crippen molar-refractivity contribution >= 4 is 5.91 Å². The van der Waals surface area contributed by atoms with Crippen LogP contribution in [0.4, 0.5) is 8.78 Å². The molecule has 0 bridgehead atoms. The fourth-order valence-electron chi connectivity index (χ4n) is 3.11. The SMILES string of the molecule is O=C(N[C@@H](CO)Cc1nn[nH]n1)c1cccc(F)c1-c1cc(-c2ccc(F)cc2)[nH]n1. The maximum absolute atomic E-state index is 14.7. The minimum atomic E-state index is -0.699. The molecule has 9 nitrogen and oxygen atoms in total. The second kappa shape index (κ2) is 8.79. The molecular formula is C20H17F2N7O2. The van der Waals surface area contributed by atoms with Gasteiger partial charge in [-0.3, -0.25) is 9.89 Å². The number of carbonyl (C=O) groups is 1. The summed E-state index contributed by atoms with van der Waals surface area (Å²) in [6, 6.07) is 10.7. The van der Waals surface area contributed by atoms with Gasteiger partial charge in [-0.1, -0.05) is 11.3 Å². The maximum Gasteiger partial charge on any atom is 0.252 e. The molecule has 0 aliphatic heterocycles. The number of hydrogen-bond donors (Lipinski definition) is 4. The van der Waals surface area contributed by atoms with Gasteiger partial charge in [-0.25, -0.2) is 8.78 Å². The van der Waals surface area contributed by atoms with Crippen molar-refractivity contribution in [3.8, 4) is 22.5 Å². The molecule has 0 aliphatic carbocycles. The number of nitrogens with zero attached hydrogens (tertiary/aromatic N) is 4. The first-order chi connectivity index (χ1) is 15.0. The van der Waals surface area contributed by atoms with Crippen LogP contribution >= 0.6 is 0 Å². The summed E-state index contributed by atoms with van der Waals surface area (Å²) < 4.78 is 27.9. The van der Waals surface area contributed by atoms with Crippen LogP contribution in [0.1, 0.15) is 16.2 Å². The van der Waals surface area contributed by atoms with Gasteiger partial charge in [-0.2, -0.15) is 10.3 Å². The number of carbonyl (C=O) groups excluding carboxylic acids is 1. The first-order valence-electron chi connectivity index (χ1n) is 9.29. The number of benzene rings is 2. The van der Waals surface area contributed by atoms with Crippen molar-refractivity contribution in [2.45, 2.75) is 12.5 Å². The van der Waals surface area contributed by atoms with Crippen LogP contribution in [0.2, 0.25) is 0 Å². The summed E-state index contributed by atoms with van der Waals surface area (Å²) in [6.07, 6.45) is 0.139. The van der Waals surface area contributed by atoms with Crippen LogP contribution in [-0.4, -0.2) is 54.5 Å². The van der Waals surface area contributed by atoms with E-state index in [2.05, 4.69) is 36.1 Å². The van der Waals surface area contributed by atoms with Gasteiger partial charge in [0.25, 0.3) is 5.91 Å². The molecule has 4 aromatic rings. The molecular weight excluding hydrogens is 408 g/mol. The van der Waals surface area contributed by atoms with Gasteiger partial charge in [0.05, 0.1) is 35.2 Å². The van der Waals surface area contributed by atoms with E-state index in [1.54, 1.807) is 18.2 Å². The molecule has 4 rings (SSSR count). The third kappa shape index (κ3) is 4.46. The average Bonchev–Trinajstić information content (AvgIpc) is 3.46. The highest BCUT2D eigenvalue weighted by atomic mass is 19.1. The zero-order valence-electron chi connectivity index (χ0n) is 16.0. The number of aliphatic hydroxyl groups excluding tert-OH is 1. The summed E-state index contributed by atoms with van der Waals surface area (Å²) in [5.41, 5.74) is 1.45. The summed E-state index contributed by atoms with van der Waals surface area (Å²) in [7, 11) is 0. The van der Waals surface area contributed by atoms with Gasteiger partial charge in [0.2, 0.25) is 0 Å². The smallest absolute Gasteiger partial charge is 0.252 e. The molecule has 2 heterocycles. The van der Waals surface area contributed by atoms with Crippen molar-refractivity contribution in [3.05, 3.63) is 71.6 Å². The molecule has 1 amide bonds. The molecule has 0 fully saturated rings. The first-order valence-corrected chi connectivity index (χ1v) is 9.29. The van der Waals surface area contributed by atoms with Crippen molar-refractivity contribution in [2.75, 3.05) is 6.61 Å². The lowest BCUT2D eigenvalue weighted by molar-refractivity contribution is 0.0916. The van der Waals surface area contributed by atoms with E-state index in [9.17, 15) is 18.7 Å². The zero-order chi connectivity index (χ0) is 21.8. The molecule has 0 saturated carbocycles. The number of amides is 1. The molecule has 0 saturated heterocycles. The number of halogens is 2. The third-order valence-electron chi connectivity index (χ3n) is 4.62. The maximum atomic E-state index is 14.7. The van der Waals surface area contributed by atoms with Crippen LogP contribution in [0.3, 0.4) is 0 Å². The Morgan fingerprint density at radius 1 is 1.13 bits per heavy atom. The molecule has 2 aromatic carbocycles. The summed E-state index contributed by atoms with van der Waals surface area (Å²) in [6.45, 7) is -0.373. The van der Waals surface area contributed by atoms with Crippen LogP contribution < -0.4 is 5.32 Å². The summed E-state index contributed by atoms with van der Waals surface area (Å²) in [5, 5.41) is 32.5. The fraction of sp³-hybridized carbons (Fsp3) is 0.150. The minimum absolute atomic E-state index is 0.000799. The van der Waals surface area contributed by atoms with Crippen LogP contribution in [0.25, 0.3) is 22.5 Å². The molecule has 31 heavy (non-hydrogen) atoms. The predicted molar refractivity (Wildman–Crippen MR) is 106 cm³/mol. The van der Waals surface area contributed by atoms with Crippen molar-refractivity contribution in [1.82, 2.24) is 36.1 Å². The molecule has 11 heteroatoms. The summed E-state index contributed by atoms with van der Waals surface area (Å²) >= 11 is 0. The van der Waals surface area contributed by atoms with E-state index < -0.39 is 17.8 Å². The van der Waals surface area contributed by atoms with Crippen LogP contribution in [0.5, 0.6) is 0 Å². The molecule has 0 radical (unpaired) electrons. The number of aliphatic hydroxyl groups is 1. The minimum Gasteiger partial charge on any atom is -0.394 e. The Labute approximate surface area is 174 Å². The molecule has 0 spiro atoms. The highest BCUT2D eigenvalue weighted by Crippen LogP contribution is 2.29. The fourth-order valence-corrected chi connectivity index (χ4v) is 3.11. The van der Waals surface area contributed by atoms with Gasteiger partial charge in [0.1, 0.15) is 11.6 Å². The lowest BCUT2D eigenvalue weighted by Crippen LogP contribution is -2.39. The summed E-state index contributed by atoms with van der Waals surface area (Å²) in [4.78, 5) is 12.9. The van der Waals surface area contributed by atoms with Crippen molar-refractivity contribution in [2.24, 2.45) is 0 Å². The van der Waals surface area contributed by atoms with E-state index >= 15 is 0 Å². The van der Waals surface area contributed by atoms with E-state index in [0.717, 1.165) is 0 Å². The number of rotatable bonds is 7. The molecule has 158 valence electrons. The zero-order valence-corrected chi connectivity index (χ0v) is 16.0.